The molecule has 0 radical (unpaired) electrons. The summed E-state index contributed by atoms with van der Waals surface area (Å²) in [5.41, 5.74) is 17.2. The smallest absolute Gasteiger partial charge is 0.118 e. The fraction of sp³-hybridized carbons (Fsp3) is 0.0500. The van der Waals surface area contributed by atoms with E-state index < -0.39 is 0 Å². The van der Waals surface area contributed by atoms with Gasteiger partial charge >= 0.3 is 0 Å². The third kappa shape index (κ3) is 5.37. The lowest BCUT2D eigenvalue weighted by Gasteiger charge is -2.26. The quantitative estimate of drug-likeness (QED) is 0.122. The van der Waals surface area contributed by atoms with Gasteiger partial charge in [0.15, 0.2) is 0 Å². The van der Waals surface area contributed by atoms with Gasteiger partial charge in [-0.05, 0) is 245 Å². The first-order valence-electron chi connectivity index (χ1n) is 28.6. The van der Waals surface area contributed by atoms with E-state index >= 15 is 0 Å². The van der Waals surface area contributed by atoms with E-state index in [2.05, 4.69) is 232 Å². The molecular weight excluding hydrogens is 993 g/mol. The van der Waals surface area contributed by atoms with Gasteiger partial charge in [0.05, 0.1) is 14.2 Å². The molecule has 0 amide bonds. The largest absolute Gasteiger partial charge is 0.497 e. The molecule has 380 valence electrons. The molecule has 0 heterocycles. The predicted octanol–water partition coefficient (Wildman–Crippen LogP) is 22.2. The van der Waals surface area contributed by atoms with Crippen molar-refractivity contribution in [1.29, 1.82) is 0 Å². The van der Waals surface area contributed by atoms with Crippen LogP contribution >= 0.6 is 0 Å². The molecule has 2 heteroatoms. The minimum Gasteiger partial charge on any atom is -0.497 e. The first kappa shape index (κ1) is 44.6. The van der Waals surface area contributed by atoms with Gasteiger partial charge in [-0.1, -0.05) is 194 Å². The summed E-state index contributed by atoms with van der Waals surface area (Å²) in [7, 11) is 3.48. The van der Waals surface area contributed by atoms with E-state index in [9.17, 15) is 0 Å². The van der Waals surface area contributed by atoms with Crippen LogP contribution in [-0.2, 0) is 0 Å². The third-order valence-corrected chi connectivity index (χ3v) is 19.5. The first-order chi connectivity index (χ1) is 40.5. The zero-order valence-corrected chi connectivity index (χ0v) is 45.6. The molecule has 19 rings (SSSR count). The topological polar surface area (TPSA) is 18.5 Å². The molecule has 0 aliphatic heterocycles. The zero-order chi connectivity index (χ0) is 54.0. The number of fused-ring (bicyclic) bond motifs is 13. The van der Waals surface area contributed by atoms with Crippen LogP contribution in [0.3, 0.4) is 0 Å². The van der Waals surface area contributed by atoms with Crippen LogP contribution in [0.25, 0.3) is 196 Å². The molecule has 1 aliphatic carbocycles. The third-order valence-electron chi connectivity index (χ3n) is 19.5. The standard InChI is InChI=1S/C80H48O2/c1-41-64-58-19-11-17-43-18-12-20-59(68(43)58)65(64)42(2)67-61-38-34-55-51-30-32-53-57-36-40-63-78-62(39-35-56(76(57)78)52-31-29-50(73(51)74(52)53)54-33-37-60(66(41)67)77(61)75(54)55)79-71(44-13-7-5-8-14-44)69(46-21-25-48(81-3)26-22-46)70(47-23-27-49(82-4)28-24-47)72(80(63)79)45-15-9-6-10-16-45/h5-40H,1-4H3. The number of methoxy groups -OCH3 is 2. The lowest BCUT2D eigenvalue weighted by atomic mass is 9.76. The van der Waals surface area contributed by atoms with E-state index in [-0.39, 0.29) is 0 Å². The summed E-state index contributed by atoms with van der Waals surface area (Å²) in [5, 5.41) is 32.4. The van der Waals surface area contributed by atoms with Crippen molar-refractivity contribution < 1.29 is 9.47 Å². The molecule has 18 aromatic rings. The SMILES string of the molecule is COc1ccc(-c2c(-c3ccc(OC)cc3)c(-c3ccccc3)c3c(c2-c2ccccc2)-c2ccc4c5ccc6c7ccc8c9c(C)c%10c%11cccc%12cccc(c%10c(C)c9c9ccc(c%10ccc(c%13ccc-3c2c4%13)c5c6%10)c7c89)c%12%11)cc1. The second-order valence-electron chi connectivity index (χ2n) is 23.1. The highest BCUT2D eigenvalue weighted by molar-refractivity contribution is 6.48. The summed E-state index contributed by atoms with van der Waals surface area (Å²) < 4.78 is 11.6. The molecule has 1 aliphatic rings. The van der Waals surface area contributed by atoms with E-state index in [4.69, 9.17) is 9.47 Å². The Kier molecular flexibility index (Phi) is 8.56. The molecule has 0 aromatic heterocycles. The van der Waals surface area contributed by atoms with E-state index in [1.165, 1.54) is 196 Å². The number of aryl methyl sites for hydroxylation is 2. The Morgan fingerprint density at radius 2 is 0.500 bits per heavy atom. The van der Waals surface area contributed by atoms with Crippen LogP contribution in [0.2, 0.25) is 0 Å². The maximum absolute atomic E-state index is 5.79. The van der Waals surface area contributed by atoms with Crippen LogP contribution in [0, 0.1) is 13.8 Å². The molecule has 0 atom stereocenters. The van der Waals surface area contributed by atoms with Crippen LogP contribution < -0.4 is 9.47 Å². The van der Waals surface area contributed by atoms with Crippen molar-refractivity contribution in [2.24, 2.45) is 0 Å². The Morgan fingerprint density at radius 1 is 0.207 bits per heavy atom. The molecule has 0 saturated heterocycles. The summed E-state index contributed by atoms with van der Waals surface area (Å²) in [4.78, 5) is 0. The van der Waals surface area contributed by atoms with Crippen LogP contribution in [0.1, 0.15) is 11.1 Å². The second kappa shape index (κ2) is 15.8. The van der Waals surface area contributed by atoms with Gasteiger partial charge in [0.1, 0.15) is 11.5 Å². The van der Waals surface area contributed by atoms with E-state index in [0.29, 0.717) is 0 Å². The van der Waals surface area contributed by atoms with E-state index in [1.807, 2.05) is 0 Å². The van der Waals surface area contributed by atoms with Gasteiger partial charge in [-0.2, -0.15) is 0 Å². The summed E-state index contributed by atoms with van der Waals surface area (Å²) in [6, 6.07) is 82.6. The normalized spacial score (nSPS) is 12.6. The number of hydrogen-bond acceptors (Lipinski definition) is 2. The van der Waals surface area contributed by atoms with Crippen LogP contribution in [-0.4, -0.2) is 14.2 Å². The molecule has 0 unspecified atom stereocenters. The molecule has 0 bridgehead atoms. The highest BCUT2D eigenvalue weighted by Gasteiger charge is 2.36. The Labute approximate surface area is 471 Å². The summed E-state index contributed by atoms with van der Waals surface area (Å²) in [6.45, 7) is 4.76. The van der Waals surface area contributed by atoms with Gasteiger partial charge in [0, 0.05) is 0 Å². The molecule has 0 fully saturated rings. The minimum atomic E-state index is 0.825. The van der Waals surface area contributed by atoms with Gasteiger partial charge < -0.3 is 9.47 Å². The van der Waals surface area contributed by atoms with Gasteiger partial charge in [-0.25, -0.2) is 0 Å². The van der Waals surface area contributed by atoms with Gasteiger partial charge in [0.25, 0.3) is 0 Å². The van der Waals surface area contributed by atoms with Crippen molar-refractivity contribution in [2.75, 3.05) is 14.2 Å². The fourth-order valence-electron chi connectivity index (χ4n) is 16.4. The summed E-state index contributed by atoms with van der Waals surface area (Å²) in [5.74, 6) is 1.65. The van der Waals surface area contributed by atoms with Gasteiger partial charge in [0.2, 0.25) is 0 Å². The zero-order valence-electron chi connectivity index (χ0n) is 45.6. The molecule has 0 spiro atoms. The van der Waals surface area contributed by atoms with Crippen molar-refractivity contribution in [3.63, 3.8) is 0 Å². The van der Waals surface area contributed by atoms with E-state index in [0.717, 1.165) is 22.6 Å². The highest BCUT2D eigenvalue weighted by atomic mass is 16.5. The van der Waals surface area contributed by atoms with Crippen molar-refractivity contribution in [1.82, 2.24) is 0 Å². The molecular formula is C80H48O2. The number of ether oxygens (including phenoxy) is 2. The van der Waals surface area contributed by atoms with Crippen molar-refractivity contribution >= 4 is 129 Å². The number of hydrogen-bond donors (Lipinski definition) is 0. The second-order valence-corrected chi connectivity index (χ2v) is 23.1. The Bertz CT molecular complexity index is 5460. The minimum absolute atomic E-state index is 0.825. The van der Waals surface area contributed by atoms with Crippen molar-refractivity contribution in [3.05, 3.63) is 230 Å². The predicted molar refractivity (Wildman–Crippen MR) is 350 cm³/mol. The maximum atomic E-state index is 5.79. The molecule has 2 nitrogen and oxygen atoms in total. The Morgan fingerprint density at radius 3 is 0.866 bits per heavy atom. The Hall–Kier alpha value is -10.3. The van der Waals surface area contributed by atoms with Crippen molar-refractivity contribution in [3.8, 4) is 78.3 Å². The number of benzene rings is 16. The molecule has 82 heavy (non-hydrogen) atoms. The van der Waals surface area contributed by atoms with Crippen molar-refractivity contribution in [2.45, 2.75) is 13.8 Å². The van der Waals surface area contributed by atoms with Crippen LogP contribution in [0.5, 0.6) is 11.5 Å². The Balaban J connectivity index is 0.914. The first-order valence-corrected chi connectivity index (χ1v) is 28.6. The van der Waals surface area contributed by atoms with Gasteiger partial charge in [-0.15, -0.1) is 0 Å². The molecule has 0 saturated carbocycles. The molecule has 0 N–H and O–H groups in total. The van der Waals surface area contributed by atoms with Crippen LogP contribution in [0.15, 0.2) is 218 Å². The average molecular weight is 1040 g/mol. The maximum Gasteiger partial charge on any atom is 0.118 e. The summed E-state index contributed by atoms with van der Waals surface area (Å²) in [6.07, 6.45) is 0. The number of rotatable bonds is 6. The average Bonchev–Trinajstić information content (AvgIpc) is 1.72. The summed E-state index contributed by atoms with van der Waals surface area (Å²) >= 11 is 0. The fourth-order valence-corrected chi connectivity index (χ4v) is 16.4. The lowest BCUT2D eigenvalue weighted by molar-refractivity contribution is 0.414. The lowest BCUT2D eigenvalue weighted by Crippen LogP contribution is -1.99. The van der Waals surface area contributed by atoms with Gasteiger partial charge in [-0.3, -0.25) is 0 Å². The van der Waals surface area contributed by atoms with Crippen LogP contribution in [0.4, 0.5) is 0 Å². The monoisotopic (exact) mass is 1040 g/mol. The molecule has 18 aromatic carbocycles. The van der Waals surface area contributed by atoms with E-state index in [1.54, 1.807) is 14.2 Å². The highest BCUT2D eigenvalue weighted by Crippen LogP contribution is 2.63.